The van der Waals surface area contributed by atoms with Crippen LogP contribution in [-0.2, 0) is 14.8 Å². The highest BCUT2D eigenvalue weighted by molar-refractivity contribution is 7.89. The Balaban J connectivity index is 1.68. The number of morpholine rings is 1. The van der Waals surface area contributed by atoms with Crippen molar-refractivity contribution in [2.45, 2.75) is 11.8 Å². The maximum absolute atomic E-state index is 12.4. The van der Waals surface area contributed by atoms with Crippen LogP contribution >= 0.6 is 22.9 Å². The number of hydrazine groups is 1. The van der Waals surface area contributed by atoms with E-state index in [0.717, 1.165) is 5.13 Å². The number of amides is 1. The second-order valence-electron chi connectivity index (χ2n) is 5.52. The van der Waals surface area contributed by atoms with Crippen molar-refractivity contribution in [1.82, 2.24) is 15.2 Å². The first kappa shape index (κ1) is 19.1. The van der Waals surface area contributed by atoms with Crippen LogP contribution in [0.25, 0.3) is 0 Å². The molecule has 2 aromatic rings. The van der Waals surface area contributed by atoms with E-state index in [2.05, 4.69) is 15.2 Å². The molecule has 140 valence electrons. The molecule has 0 radical (unpaired) electrons. The van der Waals surface area contributed by atoms with Gasteiger partial charge in [0.05, 0.1) is 23.8 Å². The molecule has 1 aliphatic rings. The smallest absolute Gasteiger partial charge is 0.278 e. The molecule has 8 nitrogen and oxygen atoms in total. The summed E-state index contributed by atoms with van der Waals surface area (Å²) in [5.74, 6) is -0.558. The number of halogens is 1. The van der Waals surface area contributed by atoms with Crippen LogP contribution in [0.2, 0.25) is 5.02 Å². The SMILES string of the molecule is Cc1nc(N2CCOCC2)sc1C(=O)NNS(=O)(=O)c1ccc(Cl)cc1. The molecule has 1 saturated heterocycles. The van der Waals surface area contributed by atoms with E-state index >= 15 is 0 Å². The van der Waals surface area contributed by atoms with E-state index in [1.165, 1.54) is 35.6 Å². The van der Waals surface area contributed by atoms with Crippen molar-refractivity contribution in [2.24, 2.45) is 0 Å². The van der Waals surface area contributed by atoms with Crippen molar-refractivity contribution in [1.29, 1.82) is 0 Å². The molecule has 1 fully saturated rings. The number of aromatic nitrogens is 1. The number of rotatable bonds is 5. The lowest BCUT2D eigenvalue weighted by molar-refractivity contribution is 0.0948. The number of sulfonamides is 1. The summed E-state index contributed by atoms with van der Waals surface area (Å²) in [6.45, 7) is 4.35. The number of anilines is 1. The van der Waals surface area contributed by atoms with Crippen LogP contribution in [0.15, 0.2) is 29.2 Å². The molecule has 0 spiro atoms. The number of nitrogens with zero attached hydrogens (tertiary/aromatic N) is 2. The van der Waals surface area contributed by atoms with Crippen molar-refractivity contribution in [3.63, 3.8) is 0 Å². The van der Waals surface area contributed by atoms with Gasteiger partial charge >= 0.3 is 0 Å². The van der Waals surface area contributed by atoms with Gasteiger partial charge in [-0.1, -0.05) is 22.9 Å². The second kappa shape index (κ2) is 7.89. The number of ether oxygens (including phenoxy) is 1. The van der Waals surface area contributed by atoms with Gasteiger partial charge in [-0.25, -0.2) is 13.4 Å². The summed E-state index contributed by atoms with van der Waals surface area (Å²) in [4.78, 5) is 21.2. The molecule has 2 N–H and O–H groups in total. The van der Waals surface area contributed by atoms with Gasteiger partial charge in [-0.3, -0.25) is 10.2 Å². The average Bonchev–Trinajstić information content (AvgIpc) is 3.03. The van der Waals surface area contributed by atoms with Crippen molar-refractivity contribution in [3.05, 3.63) is 39.9 Å². The predicted octanol–water partition coefficient (Wildman–Crippen LogP) is 1.56. The Hall–Kier alpha value is -1.72. The number of carbonyl (C=O) groups is 1. The van der Waals surface area contributed by atoms with Crippen LogP contribution in [0.4, 0.5) is 5.13 Å². The highest BCUT2D eigenvalue weighted by Gasteiger charge is 2.22. The molecule has 1 amide bonds. The van der Waals surface area contributed by atoms with Crippen LogP contribution < -0.4 is 15.2 Å². The molecular formula is C15H17ClN4O4S2. The van der Waals surface area contributed by atoms with Crippen molar-refractivity contribution in [2.75, 3.05) is 31.2 Å². The Morgan fingerprint density at radius 2 is 1.92 bits per heavy atom. The third-order valence-electron chi connectivity index (χ3n) is 3.70. The highest BCUT2D eigenvalue weighted by atomic mass is 35.5. The fourth-order valence-corrected chi connectivity index (χ4v) is 4.30. The summed E-state index contributed by atoms with van der Waals surface area (Å²) < 4.78 is 29.7. The number of hydrogen-bond donors (Lipinski definition) is 2. The summed E-state index contributed by atoms with van der Waals surface area (Å²) in [6, 6.07) is 5.62. The van der Waals surface area contributed by atoms with E-state index in [0.29, 0.717) is 41.9 Å². The molecule has 1 aliphatic heterocycles. The quantitative estimate of drug-likeness (QED) is 0.717. The van der Waals surface area contributed by atoms with Gasteiger partial charge in [0, 0.05) is 18.1 Å². The predicted molar refractivity (Wildman–Crippen MR) is 99.1 cm³/mol. The third kappa shape index (κ3) is 4.33. The lowest BCUT2D eigenvalue weighted by atomic mass is 10.4. The Morgan fingerprint density at radius 1 is 1.27 bits per heavy atom. The van der Waals surface area contributed by atoms with Gasteiger partial charge in [0.15, 0.2) is 5.13 Å². The number of aryl methyl sites for hydroxylation is 1. The van der Waals surface area contributed by atoms with Gasteiger partial charge in [-0.15, -0.1) is 4.83 Å². The number of benzene rings is 1. The van der Waals surface area contributed by atoms with Crippen LogP contribution in [0.3, 0.4) is 0 Å². The van der Waals surface area contributed by atoms with Crippen LogP contribution in [-0.4, -0.2) is 45.6 Å². The second-order valence-corrected chi connectivity index (χ2v) is 8.62. The fourth-order valence-electron chi connectivity index (χ4n) is 2.33. The minimum atomic E-state index is -3.89. The zero-order valence-electron chi connectivity index (χ0n) is 13.9. The summed E-state index contributed by atoms with van der Waals surface area (Å²) in [5, 5.41) is 1.14. The van der Waals surface area contributed by atoms with E-state index in [1.807, 2.05) is 4.90 Å². The molecule has 26 heavy (non-hydrogen) atoms. The first-order valence-electron chi connectivity index (χ1n) is 7.74. The highest BCUT2D eigenvalue weighted by Crippen LogP contribution is 2.26. The monoisotopic (exact) mass is 416 g/mol. The van der Waals surface area contributed by atoms with Crippen LogP contribution in [0, 0.1) is 6.92 Å². The molecule has 0 atom stereocenters. The number of hydrogen-bond acceptors (Lipinski definition) is 7. The number of nitrogens with one attached hydrogen (secondary N) is 2. The van der Waals surface area contributed by atoms with E-state index in [1.54, 1.807) is 6.92 Å². The van der Waals surface area contributed by atoms with Crippen molar-refractivity contribution in [3.8, 4) is 0 Å². The van der Waals surface area contributed by atoms with Crippen LogP contribution in [0.1, 0.15) is 15.4 Å². The van der Waals surface area contributed by atoms with Gasteiger partial charge in [-0.05, 0) is 31.2 Å². The van der Waals surface area contributed by atoms with Crippen molar-refractivity contribution >= 4 is 44.0 Å². The van der Waals surface area contributed by atoms with E-state index in [-0.39, 0.29) is 4.90 Å². The van der Waals surface area contributed by atoms with E-state index in [9.17, 15) is 13.2 Å². The van der Waals surface area contributed by atoms with Crippen LogP contribution in [0.5, 0.6) is 0 Å². The minimum absolute atomic E-state index is 0.00256. The average molecular weight is 417 g/mol. The van der Waals surface area contributed by atoms with E-state index in [4.69, 9.17) is 16.3 Å². The summed E-state index contributed by atoms with van der Waals surface area (Å²) in [7, 11) is -3.89. The molecule has 0 unspecified atom stereocenters. The zero-order chi connectivity index (χ0) is 18.7. The molecule has 1 aromatic heterocycles. The normalized spacial score (nSPS) is 15.1. The van der Waals surface area contributed by atoms with E-state index < -0.39 is 15.9 Å². The topological polar surface area (TPSA) is 101 Å². The molecule has 3 rings (SSSR count). The van der Waals surface area contributed by atoms with Gasteiger partial charge in [0.2, 0.25) is 0 Å². The molecular weight excluding hydrogens is 400 g/mol. The van der Waals surface area contributed by atoms with Gasteiger partial charge < -0.3 is 9.64 Å². The summed E-state index contributed by atoms with van der Waals surface area (Å²) in [6.07, 6.45) is 0. The maximum Gasteiger partial charge on any atom is 0.278 e. The Morgan fingerprint density at radius 3 is 2.58 bits per heavy atom. The maximum atomic E-state index is 12.4. The van der Waals surface area contributed by atoms with Gasteiger partial charge in [-0.2, -0.15) is 0 Å². The molecule has 1 aromatic carbocycles. The Bertz CT molecular complexity index is 893. The molecule has 11 heteroatoms. The zero-order valence-corrected chi connectivity index (χ0v) is 16.2. The summed E-state index contributed by atoms with van der Waals surface area (Å²) >= 11 is 6.97. The van der Waals surface area contributed by atoms with Gasteiger partial charge in [0.1, 0.15) is 4.88 Å². The molecule has 0 bridgehead atoms. The molecule has 0 aliphatic carbocycles. The largest absolute Gasteiger partial charge is 0.378 e. The first-order valence-corrected chi connectivity index (χ1v) is 10.4. The Kier molecular flexibility index (Phi) is 5.78. The minimum Gasteiger partial charge on any atom is -0.378 e. The fraction of sp³-hybridized carbons (Fsp3) is 0.333. The first-order chi connectivity index (χ1) is 12.4. The summed E-state index contributed by atoms with van der Waals surface area (Å²) in [5.41, 5.74) is 2.77. The third-order valence-corrected chi connectivity index (χ3v) is 6.43. The standard InChI is InChI=1S/C15H17ClN4O4S2/c1-10-13(25-15(17-10)20-6-8-24-9-7-20)14(21)18-19-26(22,23)12-4-2-11(16)3-5-12/h2-5,19H,6-9H2,1H3,(H,18,21). The number of thiazole rings is 1. The lowest BCUT2D eigenvalue weighted by Gasteiger charge is -2.25. The number of carbonyl (C=O) groups excluding carboxylic acids is 1. The Labute approximate surface area is 160 Å². The van der Waals surface area contributed by atoms with Gasteiger partial charge in [0.25, 0.3) is 15.9 Å². The lowest BCUT2D eigenvalue weighted by Crippen LogP contribution is -2.41. The van der Waals surface area contributed by atoms with Crippen molar-refractivity contribution < 1.29 is 17.9 Å². The molecule has 2 heterocycles. The molecule has 0 saturated carbocycles.